The van der Waals surface area contributed by atoms with E-state index in [9.17, 15) is 10.2 Å². The SMILES string of the molecule is CC(C)([CH]=[Mo]=[N]C12CC3CC(CC(C3)C1)C2)c1ccccc1.CC(C)([CH]=[Mo]=[N]C12CC3CC(CC(C3)C1)C2)c1ccccc1.Cc1cc2c(c(CCc3c(O)c(C)cc4c3CCCC4)c1C)CCCC2.Cc1cc2ccccc2c(CCc2c(O)c(C)cc3ccccc23)c1C.Cc1ccc(C)[n-]1.Cc1ccc(C)[n-]1. The van der Waals surface area contributed by atoms with Gasteiger partial charge in [-0.05, 0) is 219 Å². The monoisotopic (exact) mass is 1630 g/mol. The van der Waals surface area contributed by atoms with E-state index in [4.69, 9.17) is 6.99 Å². The Kier molecular flexibility index (Phi) is 26.3. The maximum absolute atomic E-state index is 10.8. The molecule has 8 fully saturated rings. The summed E-state index contributed by atoms with van der Waals surface area (Å²) in [6.07, 6.45) is 31.5. The van der Waals surface area contributed by atoms with Crippen molar-refractivity contribution in [3.8, 4) is 11.5 Å². The summed E-state index contributed by atoms with van der Waals surface area (Å²) in [6.45, 7) is 30.4. The summed E-state index contributed by atoms with van der Waals surface area (Å²) in [5, 5.41) is 26.5. The van der Waals surface area contributed by atoms with Crippen molar-refractivity contribution in [1.29, 1.82) is 0 Å². The Balaban J connectivity index is 0.000000122. The molecule has 8 heteroatoms. The van der Waals surface area contributed by atoms with Crippen molar-refractivity contribution in [2.75, 3.05) is 0 Å². The number of phenols is 2. The minimum atomic E-state index is -0.353. The molecule has 0 saturated heterocycles. The van der Waals surface area contributed by atoms with Crippen LogP contribution in [0.2, 0.25) is 0 Å². The first-order chi connectivity index (χ1) is 52.8. The smallest absolute Gasteiger partial charge is 0.122 e. The Morgan fingerprint density at radius 3 is 1.12 bits per heavy atom. The van der Waals surface area contributed by atoms with Gasteiger partial charge in [-0.15, -0.1) is 0 Å². The van der Waals surface area contributed by atoms with Crippen LogP contribution in [0.4, 0.5) is 0 Å². The minimum absolute atomic E-state index is 0.176. The molecule has 110 heavy (non-hydrogen) atoms. The molecule has 10 aliphatic carbocycles. The van der Waals surface area contributed by atoms with Gasteiger partial charge in [-0.3, -0.25) is 0 Å². The van der Waals surface area contributed by atoms with E-state index in [1.807, 2.05) is 65.0 Å². The largest absolute Gasteiger partial charge is 0.665 e. The van der Waals surface area contributed by atoms with Gasteiger partial charge in [0, 0.05) is 5.56 Å². The third-order valence-corrected chi connectivity index (χ3v) is 32.4. The van der Waals surface area contributed by atoms with Crippen molar-refractivity contribution < 1.29 is 46.1 Å². The van der Waals surface area contributed by atoms with Crippen LogP contribution in [0.3, 0.4) is 0 Å². The van der Waals surface area contributed by atoms with Gasteiger partial charge in [0.15, 0.2) is 0 Å². The number of aromatic nitrogens is 2. The van der Waals surface area contributed by atoms with Gasteiger partial charge in [-0.1, -0.05) is 119 Å². The van der Waals surface area contributed by atoms with Gasteiger partial charge in [-0.2, -0.15) is 22.8 Å². The second-order valence-electron chi connectivity index (χ2n) is 36.3. The molecule has 2 aromatic heterocycles. The molecule has 8 aromatic carbocycles. The number of benzene rings is 8. The molecular weight excluding hydrogens is 1510 g/mol. The summed E-state index contributed by atoms with van der Waals surface area (Å²) in [5.74, 6) is 7.11. The zero-order valence-corrected chi connectivity index (χ0v) is 73.1. The summed E-state index contributed by atoms with van der Waals surface area (Å²) >= 11 is -0.705. The van der Waals surface area contributed by atoms with Gasteiger partial charge >= 0.3 is 286 Å². The van der Waals surface area contributed by atoms with E-state index < -0.39 is 0 Å². The molecule has 2 heterocycles. The van der Waals surface area contributed by atoms with Crippen LogP contribution in [-0.4, -0.2) is 30.1 Å². The van der Waals surface area contributed by atoms with E-state index >= 15 is 0 Å². The second-order valence-corrected chi connectivity index (χ2v) is 39.4. The van der Waals surface area contributed by atoms with Crippen molar-refractivity contribution in [3.05, 3.63) is 270 Å². The molecule has 10 aromatic rings. The average Bonchev–Trinajstić information content (AvgIpc) is 0.803. The van der Waals surface area contributed by atoms with Crippen molar-refractivity contribution in [2.45, 2.75) is 273 Å². The number of aryl methyl sites for hydroxylation is 12. The van der Waals surface area contributed by atoms with Gasteiger partial charge < -0.3 is 20.2 Å². The second kappa shape index (κ2) is 35.7. The van der Waals surface area contributed by atoms with Crippen LogP contribution in [0.5, 0.6) is 11.5 Å². The van der Waals surface area contributed by atoms with E-state index in [2.05, 4.69) is 208 Å². The first-order valence-corrected chi connectivity index (χ1v) is 46.2. The maximum atomic E-state index is 10.8. The summed E-state index contributed by atoms with van der Waals surface area (Å²) < 4.78 is 15.9. The molecule has 10 aliphatic rings. The first kappa shape index (κ1) is 81.2. The minimum Gasteiger partial charge on any atom is -0.665 e. The molecule has 0 radical (unpaired) electrons. The van der Waals surface area contributed by atoms with Crippen LogP contribution in [0, 0.1) is 105 Å². The van der Waals surface area contributed by atoms with Crippen molar-refractivity contribution in [3.63, 3.8) is 0 Å². The molecule has 0 amide bonds. The van der Waals surface area contributed by atoms with E-state index in [1.165, 1.54) is 194 Å². The Labute approximate surface area is 677 Å². The molecule has 8 bridgehead atoms. The van der Waals surface area contributed by atoms with Crippen LogP contribution < -0.4 is 9.97 Å². The van der Waals surface area contributed by atoms with Crippen LogP contribution in [0.1, 0.15) is 242 Å². The Hall–Kier alpha value is -6.84. The normalized spacial score (nSPS) is 22.2. The molecular formula is C102H126Mo2N4O2-2. The van der Waals surface area contributed by atoms with E-state index in [1.54, 1.807) is 16.7 Å². The van der Waals surface area contributed by atoms with Crippen LogP contribution in [-0.2, 0) is 98.0 Å². The third kappa shape index (κ3) is 19.7. The molecule has 6 nitrogen and oxygen atoms in total. The fraction of sp³-hybridized carbons (Fsp3) is 0.471. The summed E-state index contributed by atoms with van der Waals surface area (Å²) in [4.78, 5) is 8.22. The van der Waals surface area contributed by atoms with Crippen molar-refractivity contribution in [1.82, 2.24) is 9.97 Å². The topological polar surface area (TPSA) is 93.4 Å². The number of nitrogens with zero attached hydrogens (tertiary/aromatic N) is 4. The summed E-state index contributed by atoms with van der Waals surface area (Å²) in [7, 11) is 0. The number of phenolic OH excluding ortho intramolecular Hbond substituents is 2. The zero-order valence-electron chi connectivity index (χ0n) is 69.1. The van der Waals surface area contributed by atoms with Crippen molar-refractivity contribution in [2.24, 2.45) is 42.5 Å². The van der Waals surface area contributed by atoms with E-state index in [0.29, 0.717) is 22.6 Å². The Bertz CT molecular complexity index is 4580. The molecule has 2 N–H and O–H groups in total. The summed E-state index contributed by atoms with van der Waals surface area (Å²) in [6, 6.07) is 55.9. The van der Waals surface area contributed by atoms with Crippen LogP contribution >= 0.6 is 0 Å². The molecule has 0 spiro atoms. The molecule has 580 valence electrons. The Morgan fingerprint density at radius 2 is 0.691 bits per heavy atom. The average molecular weight is 1630 g/mol. The maximum Gasteiger partial charge on any atom is 0.122 e. The molecule has 0 unspecified atom stereocenters. The quantitative estimate of drug-likeness (QED) is 0.119. The first-order valence-electron chi connectivity index (χ1n) is 42.1. The van der Waals surface area contributed by atoms with E-state index in [-0.39, 0.29) is 46.7 Å². The number of fused-ring (bicyclic) bond motifs is 4. The van der Waals surface area contributed by atoms with Gasteiger partial charge in [0.2, 0.25) is 0 Å². The number of aromatic hydroxyl groups is 2. The number of hydrogen-bond acceptors (Lipinski definition) is 4. The van der Waals surface area contributed by atoms with Gasteiger partial charge in [0.1, 0.15) is 11.5 Å². The number of rotatable bonds is 12. The standard InChI is InChI=1S/C25H32O.C25H24O.2C10H15N.2C10H12.2C6H8N.2Mo/c2*1-16-14-19-8-4-6-10-22(19)21(18(16)3)12-13-24-23-11-7-5-9-20(23)15-17(2)25(24)26;2*11-10-4-7-1-8(5-10)3-9(2-7)6-10;2*1-10(2,3)9-7-5-4-6-8-9;2*1-5-3-4-6(2)7-5;;/h14-15,26H,4-13H2,1-3H3;4-11,14-15,26H,12-13H2,1-3H3;2*7-9H,1-6H2;2*1,4-8H,2-3H3;2*3-4H,1-2H3;;/q;;;;;;2*-1;;. The van der Waals surface area contributed by atoms with Crippen LogP contribution in [0.25, 0.3) is 21.5 Å². The molecule has 20 rings (SSSR count). The molecule has 8 saturated carbocycles. The fourth-order valence-corrected chi connectivity index (χ4v) is 25.7. The fourth-order valence-electron chi connectivity index (χ4n) is 21.3. The third-order valence-electron chi connectivity index (χ3n) is 26.6. The zero-order chi connectivity index (χ0) is 77.5. The van der Waals surface area contributed by atoms with Gasteiger partial charge in [0.05, 0.1) is 0 Å². The predicted molar refractivity (Wildman–Crippen MR) is 457 cm³/mol. The Morgan fingerprint density at radius 1 is 0.373 bits per heavy atom. The number of hydrogen-bond donors (Lipinski definition) is 2. The molecule has 0 aliphatic heterocycles. The van der Waals surface area contributed by atoms with E-state index in [0.717, 1.165) is 112 Å². The predicted octanol–water partition coefficient (Wildman–Crippen LogP) is 24.8. The van der Waals surface area contributed by atoms with Crippen molar-refractivity contribution >= 4 is 30.3 Å². The molecule has 0 atom stereocenters. The van der Waals surface area contributed by atoms with Gasteiger partial charge in [-0.25, -0.2) is 0 Å². The summed E-state index contributed by atoms with van der Waals surface area (Å²) in [5.41, 5.74) is 27.5. The van der Waals surface area contributed by atoms with Gasteiger partial charge in [0.25, 0.3) is 0 Å². The van der Waals surface area contributed by atoms with Crippen LogP contribution in [0.15, 0.2) is 165 Å².